The number of rotatable bonds is 2. The van der Waals surface area contributed by atoms with Crippen LogP contribution in [0.25, 0.3) is 0 Å². The van der Waals surface area contributed by atoms with Crippen LogP contribution >= 0.6 is 0 Å². The van der Waals surface area contributed by atoms with Gasteiger partial charge in [-0.05, 0) is 74.3 Å². The van der Waals surface area contributed by atoms with Crippen LogP contribution < -0.4 is 4.90 Å². The van der Waals surface area contributed by atoms with E-state index in [1.165, 1.54) is 26.4 Å². The Hall–Kier alpha value is -1.84. The van der Waals surface area contributed by atoms with E-state index in [9.17, 15) is 9.59 Å². The molecule has 0 saturated heterocycles. The van der Waals surface area contributed by atoms with Gasteiger partial charge in [0, 0.05) is 12.2 Å². The van der Waals surface area contributed by atoms with Gasteiger partial charge in [0.05, 0.1) is 18.4 Å². The molecule has 26 heavy (non-hydrogen) atoms. The summed E-state index contributed by atoms with van der Waals surface area (Å²) in [5.74, 6) is 2.03. The minimum atomic E-state index is -0.257. The number of ether oxygens (including phenoxy) is 1. The average Bonchev–Trinajstić information content (AvgIpc) is 2.64. The summed E-state index contributed by atoms with van der Waals surface area (Å²) in [7, 11) is 1.44. The Morgan fingerprint density at radius 3 is 2.27 bits per heavy atom. The van der Waals surface area contributed by atoms with E-state index in [1.807, 2.05) is 29.2 Å². The molecule has 1 amide bonds. The highest BCUT2D eigenvalue weighted by atomic mass is 16.5. The fourth-order valence-corrected chi connectivity index (χ4v) is 6.77. The molecule has 0 aromatic heterocycles. The first-order valence-corrected chi connectivity index (χ1v) is 10.1. The van der Waals surface area contributed by atoms with Crippen molar-refractivity contribution >= 4 is 17.6 Å². The summed E-state index contributed by atoms with van der Waals surface area (Å²) < 4.78 is 5.01. The van der Waals surface area contributed by atoms with Crippen LogP contribution in [0.1, 0.15) is 44.1 Å². The lowest BCUT2D eigenvalue weighted by atomic mass is 9.49. The molecule has 4 saturated carbocycles. The molecule has 4 heteroatoms. The van der Waals surface area contributed by atoms with Crippen LogP contribution in [-0.4, -0.2) is 25.5 Å². The van der Waals surface area contributed by atoms with Gasteiger partial charge >= 0.3 is 5.97 Å². The molecule has 0 spiro atoms. The number of fused-ring (bicyclic) bond motifs is 1. The topological polar surface area (TPSA) is 46.6 Å². The third kappa shape index (κ3) is 2.41. The summed E-state index contributed by atoms with van der Waals surface area (Å²) in [5.41, 5.74) is 1.92. The smallest absolute Gasteiger partial charge is 0.310 e. The van der Waals surface area contributed by atoms with E-state index in [0.29, 0.717) is 13.0 Å². The number of benzene rings is 1. The maximum atomic E-state index is 13.8. The molecular weight excluding hydrogens is 326 g/mol. The van der Waals surface area contributed by atoms with Crippen LogP contribution in [0.5, 0.6) is 0 Å². The van der Waals surface area contributed by atoms with Gasteiger partial charge < -0.3 is 9.64 Å². The lowest BCUT2D eigenvalue weighted by Gasteiger charge is -2.57. The molecule has 5 aliphatic rings. The van der Waals surface area contributed by atoms with Crippen LogP contribution in [0.4, 0.5) is 5.69 Å². The van der Waals surface area contributed by atoms with Crippen molar-refractivity contribution in [2.45, 2.75) is 44.9 Å². The molecule has 6 rings (SSSR count). The number of carbonyl (C=O) groups is 2. The van der Waals surface area contributed by atoms with Gasteiger partial charge in [0.25, 0.3) is 0 Å². The number of methoxy groups -OCH3 is 1. The molecule has 4 bridgehead atoms. The Labute approximate surface area is 154 Å². The van der Waals surface area contributed by atoms with E-state index >= 15 is 0 Å². The maximum absolute atomic E-state index is 13.8. The lowest BCUT2D eigenvalue weighted by Crippen LogP contribution is -2.56. The van der Waals surface area contributed by atoms with Crippen LogP contribution in [-0.2, 0) is 20.7 Å². The first-order valence-electron chi connectivity index (χ1n) is 10.1. The number of carbonyl (C=O) groups excluding carboxylic acids is 2. The van der Waals surface area contributed by atoms with Gasteiger partial charge in [0.15, 0.2) is 0 Å². The summed E-state index contributed by atoms with van der Waals surface area (Å²) in [6.45, 7) is 0.463. The van der Waals surface area contributed by atoms with Crippen LogP contribution in [0.15, 0.2) is 24.3 Å². The first kappa shape index (κ1) is 16.3. The second-order valence-corrected chi connectivity index (χ2v) is 9.17. The molecule has 1 unspecified atom stereocenters. The normalized spacial score (nSPS) is 37.3. The number of hydrogen-bond acceptors (Lipinski definition) is 3. The molecular formula is C22H27NO3. The molecule has 1 aliphatic heterocycles. The largest absolute Gasteiger partial charge is 0.469 e. The number of esters is 1. The second kappa shape index (κ2) is 5.83. The summed E-state index contributed by atoms with van der Waals surface area (Å²) in [6.07, 6.45) is 7.81. The number of anilines is 1. The van der Waals surface area contributed by atoms with Crippen LogP contribution in [0.2, 0.25) is 0 Å². The zero-order valence-corrected chi connectivity index (χ0v) is 15.4. The minimum Gasteiger partial charge on any atom is -0.469 e. The van der Waals surface area contributed by atoms with Crippen LogP contribution in [0.3, 0.4) is 0 Å². The van der Waals surface area contributed by atoms with Crippen molar-refractivity contribution in [3.8, 4) is 0 Å². The average molecular weight is 353 g/mol. The van der Waals surface area contributed by atoms with Gasteiger partial charge in [-0.25, -0.2) is 0 Å². The van der Waals surface area contributed by atoms with Gasteiger partial charge in [-0.15, -0.1) is 0 Å². The number of para-hydroxylation sites is 1. The number of nitrogens with zero attached hydrogens (tertiary/aromatic N) is 1. The molecule has 0 radical (unpaired) electrons. The second-order valence-electron chi connectivity index (χ2n) is 9.17. The summed E-state index contributed by atoms with van der Waals surface area (Å²) >= 11 is 0. The van der Waals surface area contributed by atoms with Gasteiger partial charge in [0.2, 0.25) is 5.91 Å². The number of hydrogen-bond donors (Lipinski definition) is 0. The summed E-state index contributed by atoms with van der Waals surface area (Å²) in [5, 5.41) is 0. The molecule has 4 nitrogen and oxygen atoms in total. The van der Waals surface area contributed by atoms with Crippen molar-refractivity contribution < 1.29 is 14.3 Å². The highest BCUT2D eigenvalue weighted by Crippen LogP contribution is 2.61. The molecule has 1 aromatic rings. The van der Waals surface area contributed by atoms with E-state index < -0.39 is 0 Å². The molecule has 4 aliphatic carbocycles. The SMILES string of the molecule is COC(=O)C1Cc2ccccc2N(C(=O)C23CC4CC(CC(C4)C2)C3)C1. The standard InChI is InChI=1S/C22H27NO3/c1-26-20(24)18-9-17-4-2-3-5-19(17)23(13-18)21(25)22-10-14-6-15(11-22)8-16(7-14)12-22/h2-5,14-16,18H,6-13H2,1H3. The van der Waals surface area contributed by atoms with Gasteiger partial charge in [0.1, 0.15) is 0 Å². The van der Waals surface area contributed by atoms with Crippen molar-refractivity contribution in [1.82, 2.24) is 0 Å². The Morgan fingerprint density at radius 1 is 1.04 bits per heavy atom. The first-order chi connectivity index (χ1) is 12.6. The Bertz CT molecular complexity index is 720. The van der Waals surface area contributed by atoms with Crippen molar-refractivity contribution in [2.75, 3.05) is 18.6 Å². The fourth-order valence-electron chi connectivity index (χ4n) is 6.77. The monoisotopic (exact) mass is 353 g/mol. The van der Waals surface area contributed by atoms with Crippen molar-refractivity contribution in [3.05, 3.63) is 29.8 Å². The third-order valence-electron chi connectivity index (χ3n) is 7.42. The number of amides is 1. The molecule has 1 aromatic carbocycles. The van der Waals surface area contributed by atoms with Crippen molar-refractivity contribution in [1.29, 1.82) is 0 Å². The van der Waals surface area contributed by atoms with Crippen molar-refractivity contribution in [3.63, 3.8) is 0 Å². The Kier molecular flexibility index (Phi) is 3.67. The summed E-state index contributed by atoms with van der Waals surface area (Å²) in [6, 6.07) is 8.08. The predicted molar refractivity (Wildman–Crippen MR) is 98.6 cm³/mol. The summed E-state index contributed by atoms with van der Waals surface area (Å²) in [4.78, 5) is 28.0. The molecule has 4 fully saturated rings. The molecule has 1 heterocycles. The highest BCUT2D eigenvalue weighted by molar-refractivity contribution is 6.00. The Balaban J connectivity index is 1.50. The van der Waals surface area contributed by atoms with Gasteiger partial charge in [-0.3, -0.25) is 9.59 Å². The van der Waals surface area contributed by atoms with E-state index in [4.69, 9.17) is 4.74 Å². The van der Waals surface area contributed by atoms with E-state index in [1.54, 1.807) is 0 Å². The van der Waals surface area contributed by atoms with Gasteiger partial charge in [-0.2, -0.15) is 0 Å². The molecule has 138 valence electrons. The Morgan fingerprint density at radius 2 is 1.65 bits per heavy atom. The van der Waals surface area contributed by atoms with E-state index in [0.717, 1.165) is 48.3 Å². The lowest BCUT2D eigenvalue weighted by molar-refractivity contribution is -0.146. The van der Waals surface area contributed by atoms with Gasteiger partial charge in [-0.1, -0.05) is 18.2 Å². The zero-order chi connectivity index (χ0) is 17.9. The molecule has 1 atom stereocenters. The van der Waals surface area contributed by atoms with Crippen molar-refractivity contribution in [2.24, 2.45) is 29.1 Å². The quantitative estimate of drug-likeness (QED) is 0.764. The minimum absolute atomic E-state index is 0.181. The van der Waals surface area contributed by atoms with Crippen LogP contribution in [0, 0.1) is 29.1 Å². The molecule has 0 N–H and O–H groups in total. The van der Waals surface area contributed by atoms with E-state index in [2.05, 4.69) is 0 Å². The predicted octanol–water partition coefficient (Wildman–Crippen LogP) is 3.58. The highest BCUT2D eigenvalue weighted by Gasteiger charge is 2.56. The zero-order valence-electron chi connectivity index (χ0n) is 15.4. The van der Waals surface area contributed by atoms with E-state index in [-0.39, 0.29) is 23.2 Å². The third-order valence-corrected chi connectivity index (χ3v) is 7.42. The maximum Gasteiger partial charge on any atom is 0.310 e. The fraction of sp³-hybridized carbons (Fsp3) is 0.636.